The Morgan fingerprint density at radius 2 is 2.26 bits per heavy atom. The summed E-state index contributed by atoms with van der Waals surface area (Å²) in [7, 11) is 0. The van der Waals surface area contributed by atoms with Gasteiger partial charge in [0.05, 0.1) is 24.0 Å². The molecule has 0 aliphatic carbocycles. The minimum absolute atomic E-state index is 0.111. The number of alkyl halides is 1. The summed E-state index contributed by atoms with van der Waals surface area (Å²) in [5, 5.41) is 6.61. The first-order valence-corrected chi connectivity index (χ1v) is 6.57. The first kappa shape index (κ1) is 12.4. The van der Waals surface area contributed by atoms with Gasteiger partial charge in [0.1, 0.15) is 5.60 Å². The van der Waals surface area contributed by atoms with Crippen LogP contribution in [-0.4, -0.2) is 32.8 Å². The predicted octanol–water partition coefficient (Wildman–Crippen LogP) is 2.87. The maximum Gasteiger partial charge on any atom is 0.411 e. The Labute approximate surface area is 111 Å². The number of rotatable bonds is 0. The molecule has 2 bridgehead atoms. The fourth-order valence-corrected chi connectivity index (χ4v) is 2.99. The Bertz CT molecular complexity index is 508. The van der Waals surface area contributed by atoms with Gasteiger partial charge in [-0.15, -0.1) is 0 Å². The second-order valence-corrected chi connectivity index (χ2v) is 6.19. The molecule has 19 heavy (non-hydrogen) atoms. The SMILES string of the molecule is CC(C)(C)OC(=O)N1C2CCC1[C@H](F)c1[nH]ncc12. The van der Waals surface area contributed by atoms with E-state index in [2.05, 4.69) is 10.2 Å². The van der Waals surface area contributed by atoms with Gasteiger partial charge in [-0.05, 0) is 33.6 Å². The molecule has 1 amide bonds. The number of hydrogen-bond acceptors (Lipinski definition) is 3. The molecule has 3 heterocycles. The minimum Gasteiger partial charge on any atom is -0.444 e. The van der Waals surface area contributed by atoms with Gasteiger partial charge in [-0.25, -0.2) is 9.18 Å². The van der Waals surface area contributed by atoms with Crippen molar-refractivity contribution < 1.29 is 13.9 Å². The largest absolute Gasteiger partial charge is 0.444 e. The summed E-state index contributed by atoms with van der Waals surface area (Å²) in [4.78, 5) is 13.8. The van der Waals surface area contributed by atoms with Gasteiger partial charge in [0.15, 0.2) is 6.17 Å². The van der Waals surface area contributed by atoms with Gasteiger partial charge in [0, 0.05) is 5.56 Å². The van der Waals surface area contributed by atoms with E-state index in [4.69, 9.17) is 4.74 Å². The highest BCUT2D eigenvalue weighted by molar-refractivity contribution is 5.70. The average Bonchev–Trinajstić information content (AvgIpc) is 2.89. The third kappa shape index (κ3) is 1.89. The van der Waals surface area contributed by atoms with E-state index in [9.17, 15) is 9.18 Å². The average molecular weight is 267 g/mol. The van der Waals surface area contributed by atoms with Crippen LogP contribution in [0.15, 0.2) is 6.20 Å². The number of nitrogens with one attached hydrogen (secondary N) is 1. The molecule has 3 rings (SSSR count). The van der Waals surface area contributed by atoms with Crippen LogP contribution in [0.25, 0.3) is 0 Å². The van der Waals surface area contributed by atoms with Crippen molar-refractivity contribution in [3.63, 3.8) is 0 Å². The van der Waals surface area contributed by atoms with Crippen LogP contribution in [0.2, 0.25) is 0 Å². The monoisotopic (exact) mass is 267 g/mol. The highest BCUT2D eigenvalue weighted by Crippen LogP contribution is 2.49. The molecule has 3 atom stereocenters. The van der Waals surface area contributed by atoms with Crippen LogP contribution in [0.4, 0.5) is 9.18 Å². The Balaban J connectivity index is 1.91. The van der Waals surface area contributed by atoms with Gasteiger partial charge in [-0.3, -0.25) is 10.00 Å². The summed E-state index contributed by atoms with van der Waals surface area (Å²) < 4.78 is 19.8. The van der Waals surface area contributed by atoms with Crippen molar-refractivity contribution in [3.05, 3.63) is 17.5 Å². The fraction of sp³-hybridized carbons (Fsp3) is 0.692. The van der Waals surface area contributed by atoms with E-state index in [1.54, 1.807) is 11.1 Å². The number of nitrogens with zero attached hydrogens (tertiary/aromatic N) is 2. The number of carbonyl (C=O) groups excluding carboxylic acids is 1. The van der Waals surface area contributed by atoms with E-state index in [1.807, 2.05) is 20.8 Å². The van der Waals surface area contributed by atoms with E-state index >= 15 is 0 Å². The number of halogens is 1. The number of aromatic nitrogens is 2. The molecule has 0 aromatic carbocycles. The molecule has 1 saturated heterocycles. The maximum absolute atomic E-state index is 14.4. The normalized spacial score (nSPS) is 29.3. The number of carbonyl (C=O) groups is 1. The Hall–Kier alpha value is -1.59. The molecule has 1 fully saturated rings. The van der Waals surface area contributed by atoms with Crippen molar-refractivity contribution in [2.75, 3.05) is 0 Å². The number of fused-ring (bicyclic) bond motifs is 4. The standard InChI is InChI=1S/C13H18FN3O2/c1-13(2,3)19-12(18)17-8-4-5-9(17)10(14)11-7(8)6-15-16-11/h6,8-10H,4-5H2,1-3H3,(H,15,16)/t8?,9?,10-/m0/s1. The summed E-state index contributed by atoms with van der Waals surface area (Å²) in [5.74, 6) is 0. The van der Waals surface area contributed by atoms with Crippen molar-refractivity contribution in [1.82, 2.24) is 15.1 Å². The number of ether oxygens (including phenoxy) is 1. The van der Waals surface area contributed by atoms with Gasteiger partial charge in [-0.1, -0.05) is 0 Å². The molecule has 104 valence electrons. The topological polar surface area (TPSA) is 58.2 Å². The van der Waals surface area contributed by atoms with Gasteiger partial charge < -0.3 is 4.74 Å². The first-order valence-electron chi connectivity index (χ1n) is 6.57. The molecule has 0 radical (unpaired) electrons. The number of hydrogen-bond donors (Lipinski definition) is 1. The van der Waals surface area contributed by atoms with E-state index in [0.717, 1.165) is 12.0 Å². The lowest BCUT2D eigenvalue weighted by Crippen LogP contribution is -2.45. The van der Waals surface area contributed by atoms with Crippen LogP contribution in [0.3, 0.4) is 0 Å². The number of aromatic amines is 1. The van der Waals surface area contributed by atoms with Gasteiger partial charge in [0.2, 0.25) is 0 Å². The summed E-state index contributed by atoms with van der Waals surface area (Å²) in [6.07, 6.45) is 1.40. The molecule has 0 saturated carbocycles. The Morgan fingerprint density at radius 3 is 2.95 bits per heavy atom. The van der Waals surface area contributed by atoms with Crippen molar-refractivity contribution in [1.29, 1.82) is 0 Å². The zero-order chi connectivity index (χ0) is 13.8. The molecule has 2 unspecified atom stereocenters. The van der Waals surface area contributed by atoms with E-state index in [-0.39, 0.29) is 6.04 Å². The smallest absolute Gasteiger partial charge is 0.411 e. The van der Waals surface area contributed by atoms with Gasteiger partial charge >= 0.3 is 6.09 Å². The molecular weight excluding hydrogens is 249 g/mol. The van der Waals surface area contributed by atoms with Crippen molar-refractivity contribution >= 4 is 6.09 Å². The second kappa shape index (κ2) is 3.95. The lowest BCUT2D eigenvalue weighted by molar-refractivity contribution is 0.00107. The molecule has 5 nitrogen and oxygen atoms in total. The lowest BCUT2D eigenvalue weighted by Gasteiger charge is -2.37. The Kier molecular flexibility index (Phi) is 2.59. The van der Waals surface area contributed by atoms with Crippen molar-refractivity contribution in [3.8, 4) is 0 Å². The zero-order valence-corrected chi connectivity index (χ0v) is 11.3. The molecule has 6 heteroatoms. The summed E-state index contributed by atoms with van der Waals surface area (Å²) in [5.41, 5.74) is 0.735. The van der Waals surface area contributed by atoms with Crippen LogP contribution < -0.4 is 0 Å². The van der Waals surface area contributed by atoms with Crippen molar-refractivity contribution in [2.24, 2.45) is 0 Å². The zero-order valence-electron chi connectivity index (χ0n) is 11.3. The second-order valence-electron chi connectivity index (χ2n) is 6.19. The molecule has 2 aliphatic rings. The lowest BCUT2D eigenvalue weighted by atomic mass is 9.99. The van der Waals surface area contributed by atoms with Crippen molar-refractivity contribution in [2.45, 2.75) is 57.5 Å². The summed E-state index contributed by atoms with van der Waals surface area (Å²) in [6.45, 7) is 5.44. The minimum atomic E-state index is -1.20. The van der Waals surface area contributed by atoms with Crippen LogP contribution in [-0.2, 0) is 4.74 Å². The summed E-state index contributed by atoms with van der Waals surface area (Å²) in [6, 6.07) is -0.548. The first-order chi connectivity index (χ1) is 8.88. The number of H-pyrrole nitrogens is 1. The molecular formula is C13H18FN3O2. The summed E-state index contributed by atoms with van der Waals surface area (Å²) >= 11 is 0. The third-order valence-corrected chi connectivity index (χ3v) is 3.71. The van der Waals surface area contributed by atoms with Crippen LogP contribution in [0, 0.1) is 0 Å². The molecule has 2 aliphatic heterocycles. The highest BCUT2D eigenvalue weighted by atomic mass is 19.1. The maximum atomic E-state index is 14.4. The van der Waals surface area contributed by atoms with E-state index in [1.165, 1.54) is 0 Å². The molecule has 1 aromatic rings. The van der Waals surface area contributed by atoms with Crippen LogP contribution in [0.5, 0.6) is 0 Å². The molecule has 1 aromatic heterocycles. The van der Waals surface area contributed by atoms with Crippen LogP contribution in [0.1, 0.15) is 57.1 Å². The van der Waals surface area contributed by atoms with Gasteiger partial charge in [-0.2, -0.15) is 5.10 Å². The molecule has 0 spiro atoms. The molecule has 1 N–H and O–H groups in total. The Morgan fingerprint density at radius 1 is 1.53 bits per heavy atom. The van der Waals surface area contributed by atoms with Crippen LogP contribution >= 0.6 is 0 Å². The van der Waals surface area contributed by atoms with E-state index in [0.29, 0.717) is 12.1 Å². The number of amides is 1. The highest BCUT2D eigenvalue weighted by Gasteiger charge is 2.50. The predicted molar refractivity (Wildman–Crippen MR) is 66.3 cm³/mol. The van der Waals surface area contributed by atoms with E-state index < -0.39 is 23.9 Å². The third-order valence-electron chi connectivity index (χ3n) is 3.71. The quantitative estimate of drug-likeness (QED) is 0.786. The van der Waals surface area contributed by atoms with Gasteiger partial charge in [0.25, 0.3) is 0 Å². The fourth-order valence-electron chi connectivity index (χ4n) is 2.99.